The molecule has 0 saturated heterocycles. The molecule has 0 fully saturated rings. The zero-order chi connectivity index (χ0) is 38.9. The van der Waals surface area contributed by atoms with Gasteiger partial charge in [0.2, 0.25) is 0 Å². The molecule has 2 unspecified atom stereocenters. The lowest BCUT2D eigenvalue weighted by molar-refractivity contribution is 0.332. The van der Waals surface area contributed by atoms with Crippen molar-refractivity contribution in [2.45, 2.75) is 125 Å². The number of fused-ring (bicyclic) bond motifs is 7. The van der Waals surface area contributed by atoms with Crippen molar-refractivity contribution in [1.82, 2.24) is 0 Å². The molecule has 0 spiro atoms. The van der Waals surface area contributed by atoms with Crippen molar-refractivity contribution in [2.75, 3.05) is 9.80 Å². The molecule has 2 aliphatic carbocycles. The van der Waals surface area contributed by atoms with Gasteiger partial charge in [-0.15, -0.1) is 11.3 Å². The Labute approximate surface area is 335 Å². The molecule has 55 heavy (non-hydrogen) atoms. The van der Waals surface area contributed by atoms with Crippen LogP contribution in [0.2, 0.25) is 0 Å². The number of thiophene rings is 1. The van der Waals surface area contributed by atoms with Gasteiger partial charge in [-0.05, 0) is 128 Å². The van der Waals surface area contributed by atoms with Crippen molar-refractivity contribution in [3.8, 4) is 0 Å². The molecule has 0 saturated carbocycles. The summed E-state index contributed by atoms with van der Waals surface area (Å²) in [6, 6.07) is 29.5. The second-order valence-electron chi connectivity index (χ2n) is 20.1. The molecule has 0 bridgehead atoms. The van der Waals surface area contributed by atoms with Crippen LogP contribution in [0.25, 0.3) is 10.1 Å². The standard InChI is InChI=1S/C51H59BN2S/c1-30(2)33-16-20-36(21-17-33)53-43-14-13-15-44-46(43)52(48-47(53)37-28-38-39(29-45(37)55-48)51(11,12)25-24-50(38,9)10)40-27-34(31(3)4)18-22-42(40)54(44)41-23-19-35(26-32(41)5)49(6,7)8/h13-23,26-32,41H,24-25H2,1-12H3. The van der Waals surface area contributed by atoms with Gasteiger partial charge in [-0.3, -0.25) is 0 Å². The normalized spacial score (nSPS) is 20.8. The van der Waals surface area contributed by atoms with Crippen LogP contribution in [0.5, 0.6) is 0 Å². The average Bonchev–Trinajstić information content (AvgIpc) is 3.51. The van der Waals surface area contributed by atoms with Gasteiger partial charge in [-0.25, -0.2) is 0 Å². The highest BCUT2D eigenvalue weighted by Gasteiger charge is 2.47. The zero-order valence-corrected chi connectivity index (χ0v) is 36.1. The fraction of sp³-hybridized carbons (Fsp3) is 0.412. The Kier molecular flexibility index (Phi) is 8.32. The molecule has 0 radical (unpaired) electrons. The molecule has 0 amide bonds. The van der Waals surface area contributed by atoms with Crippen molar-refractivity contribution in [1.29, 1.82) is 0 Å². The fourth-order valence-electron chi connectivity index (χ4n) is 10.1. The number of benzene rings is 4. The zero-order valence-electron chi connectivity index (χ0n) is 35.3. The summed E-state index contributed by atoms with van der Waals surface area (Å²) in [7, 11) is 0. The first-order valence-electron chi connectivity index (χ1n) is 20.9. The summed E-state index contributed by atoms with van der Waals surface area (Å²) in [6.45, 7) is 28.7. The molecule has 3 heterocycles. The molecule has 1 aromatic heterocycles. The largest absolute Gasteiger partial charge is 0.335 e. The third-order valence-electron chi connectivity index (χ3n) is 13.7. The molecule has 282 valence electrons. The molecule has 2 aliphatic heterocycles. The number of nitrogens with zero attached hydrogens (tertiary/aromatic N) is 2. The quantitative estimate of drug-likeness (QED) is 0.166. The summed E-state index contributed by atoms with van der Waals surface area (Å²) in [5.41, 5.74) is 17.2. The summed E-state index contributed by atoms with van der Waals surface area (Å²) >= 11 is 2.05. The molecular formula is C51H59BN2S. The van der Waals surface area contributed by atoms with E-state index in [9.17, 15) is 0 Å². The lowest BCUT2D eigenvalue weighted by atomic mass is 9.36. The summed E-state index contributed by atoms with van der Waals surface area (Å²) < 4.78 is 2.89. The highest BCUT2D eigenvalue weighted by Crippen LogP contribution is 2.52. The van der Waals surface area contributed by atoms with Gasteiger partial charge in [0, 0.05) is 37.6 Å². The Hall–Kier alpha value is -4.02. The van der Waals surface area contributed by atoms with Gasteiger partial charge in [0.15, 0.2) is 0 Å². The van der Waals surface area contributed by atoms with Crippen LogP contribution in [0.4, 0.5) is 28.4 Å². The summed E-state index contributed by atoms with van der Waals surface area (Å²) in [4.78, 5) is 5.35. The highest BCUT2D eigenvalue weighted by atomic mass is 32.1. The monoisotopic (exact) mass is 742 g/mol. The topological polar surface area (TPSA) is 6.48 Å². The van der Waals surface area contributed by atoms with Crippen LogP contribution >= 0.6 is 11.3 Å². The van der Waals surface area contributed by atoms with Crippen LogP contribution < -0.4 is 25.5 Å². The van der Waals surface area contributed by atoms with Crippen LogP contribution in [0.15, 0.2) is 96.6 Å². The highest BCUT2D eigenvalue weighted by molar-refractivity contribution is 7.33. The van der Waals surface area contributed by atoms with Crippen LogP contribution in [0, 0.1) is 11.3 Å². The second-order valence-corrected chi connectivity index (χ2v) is 21.2. The first-order chi connectivity index (χ1) is 26.0. The van der Waals surface area contributed by atoms with E-state index < -0.39 is 0 Å². The predicted octanol–water partition coefficient (Wildman–Crippen LogP) is 12.8. The average molecular weight is 743 g/mol. The Morgan fingerprint density at radius 3 is 2.04 bits per heavy atom. The number of allylic oxidation sites excluding steroid dienone is 2. The van der Waals surface area contributed by atoms with E-state index in [1.165, 1.54) is 89.3 Å². The van der Waals surface area contributed by atoms with Gasteiger partial charge in [0.1, 0.15) is 0 Å². The van der Waals surface area contributed by atoms with E-state index in [0.29, 0.717) is 17.8 Å². The Bertz CT molecular complexity index is 2410. The van der Waals surface area contributed by atoms with Crippen LogP contribution in [0.3, 0.4) is 0 Å². The maximum absolute atomic E-state index is 2.70. The third kappa shape index (κ3) is 5.63. The molecule has 4 aliphatic rings. The van der Waals surface area contributed by atoms with E-state index in [0.717, 1.165) is 0 Å². The van der Waals surface area contributed by atoms with E-state index in [4.69, 9.17) is 0 Å². The number of hydrogen-bond donors (Lipinski definition) is 0. The second kappa shape index (κ2) is 12.5. The van der Waals surface area contributed by atoms with Crippen molar-refractivity contribution in [3.05, 3.63) is 119 Å². The van der Waals surface area contributed by atoms with Crippen LogP contribution in [0.1, 0.15) is 130 Å². The van der Waals surface area contributed by atoms with Gasteiger partial charge in [0.25, 0.3) is 6.71 Å². The lowest BCUT2D eigenvalue weighted by Crippen LogP contribution is -2.62. The molecule has 2 nitrogen and oxygen atoms in total. The van der Waals surface area contributed by atoms with Crippen LogP contribution in [-0.4, -0.2) is 12.8 Å². The smallest absolute Gasteiger partial charge is 0.264 e. The minimum absolute atomic E-state index is 0.117. The first-order valence-corrected chi connectivity index (χ1v) is 21.8. The number of anilines is 5. The van der Waals surface area contributed by atoms with Crippen molar-refractivity contribution >= 4 is 72.3 Å². The predicted molar refractivity (Wildman–Crippen MR) is 243 cm³/mol. The van der Waals surface area contributed by atoms with Gasteiger partial charge in [-0.2, -0.15) is 0 Å². The fourth-order valence-corrected chi connectivity index (χ4v) is 11.5. The molecule has 9 rings (SSSR count). The van der Waals surface area contributed by atoms with Gasteiger partial charge in [-0.1, -0.05) is 132 Å². The molecule has 2 atom stereocenters. The van der Waals surface area contributed by atoms with Gasteiger partial charge in [0.05, 0.1) is 11.7 Å². The lowest BCUT2D eigenvalue weighted by Gasteiger charge is -2.47. The Morgan fingerprint density at radius 2 is 1.40 bits per heavy atom. The SMILES string of the molecule is CC(C)c1ccc(N2c3cccc4c3B(c3cc(C(C)C)ccc3N4C3C=CC(C(C)(C)C)=CC3C)c3sc4cc5c(cc4c32)C(C)(C)CCC5(C)C)cc1. The van der Waals surface area contributed by atoms with E-state index in [2.05, 4.69) is 195 Å². The Morgan fingerprint density at radius 1 is 0.764 bits per heavy atom. The van der Waals surface area contributed by atoms with E-state index in [1.807, 2.05) is 0 Å². The Balaban J connectivity index is 1.35. The molecule has 4 heteroatoms. The van der Waals surface area contributed by atoms with Gasteiger partial charge >= 0.3 is 0 Å². The number of hydrogen-bond acceptors (Lipinski definition) is 3. The maximum Gasteiger partial charge on any atom is 0.264 e. The maximum atomic E-state index is 2.70. The van der Waals surface area contributed by atoms with E-state index in [1.54, 1.807) is 5.56 Å². The van der Waals surface area contributed by atoms with E-state index in [-0.39, 0.29) is 29.0 Å². The molecule has 5 aromatic rings. The first kappa shape index (κ1) is 36.6. The molecular weight excluding hydrogens is 683 g/mol. The summed E-state index contributed by atoms with van der Waals surface area (Å²) in [5.74, 6) is 1.28. The van der Waals surface area contributed by atoms with Crippen molar-refractivity contribution in [3.63, 3.8) is 0 Å². The van der Waals surface area contributed by atoms with Crippen LogP contribution in [-0.2, 0) is 10.8 Å². The summed E-state index contributed by atoms with van der Waals surface area (Å²) in [5, 5.41) is 1.40. The van der Waals surface area contributed by atoms with E-state index >= 15 is 0 Å². The van der Waals surface area contributed by atoms with Gasteiger partial charge < -0.3 is 9.80 Å². The minimum atomic E-state index is 0.117. The minimum Gasteiger partial charge on any atom is -0.335 e. The number of rotatable bonds is 4. The summed E-state index contributed by atoms with van der Waals surface area (Å²) in [6.07, 6.45) is 9.87. The molecule has 0 N–H and O–H groups in total. The van der Waals surface area contributed by atoms with Crippen molar-refractivity contribution in [2.24, 2.45) is 11.3 Å². The molecule has 4 aromatic carbocycles. The van der Waals surface area contributed by atoms with Crippen molar-refractivity contribution < 1.29 is 0 Å². The third-order valence-corrected chi connectivity index (χ3v) is 14.9.